The van der Waals surface area contributed by atoms with E-state index in [1.165, 1.54) is 57.8 Å². The molecule has 0 aromatic heterocycles. The summed E-state index contributed by atoms with van der Waals surface area (Å²) in [5, 5.41) is 13.8. The lowest BCUT2D eigenvalue weighted by molar-refractivity contribution is -0.0770. The van der Waals surface area contributed by atoms with E-state index in [0.717, 1.165) is 24.0 Å². The van der Waals surface area contributed by atoms with Crippen LogP contribution in [0.25, 0.3) is 10.4 Å². The summed E-state index contributed by atoms with van der Waals surface area (Å²) in [6, 6.07) is 18.8. The Hall–Kier alpha value is -2.81. The third-order valence-corrected chi connectivity index (χ3v) is 6.52. The van der Waals surface area contributed by atoms with Crippen LogP contribution in [0.3, 0.4) is 0 Å². The lowest BCUT2D eigenvalue weighted by Crippen LogP contribution is -2.41. The number of nitrogens with zero attached hydrogens (tertiary/aromatic N) is 3. The van der Waals surface area contributed by atoms with Crippen molar-refractivity contribution in [3.05, 3.63) is 82.2 Å². The van der Waals surface area contributed by atoms with E-state index in [0.29, 0.717) is 13.2 Å². The number of hydrogen-bond donors (Lipinski definition) is 1. The summed E-state index contributed by atoms with van der Waals surface area (Å²) in [6.07, 6.45) is 12.2. The third kappa shape index (κ3) is 13.7. The molecule has 3 atom stereocenters. The first-order chi connectivity index (χ1) is 18.8. The summed E-state index contributed by atoms with van der Waals surface area (Å²) in [5.74, 6) is 6.51. The second-order valence-electron chi connectivity index (χ2n) is 9.69. The van der Waals surface area contributed by atoms with Crippen LogP contribution < -0.4 is 0 Å². The number of ether oxygens (including phenoxy) is 2. The minimum Gasteiger partial charge on any atom is -0.396 e. The highest BCUT2D eigenvalue weighted by molar-refractivity contribution is 5.16. The predicted molar refractivity (Wildman–Crippen MR) is 154 cm³/mol. The van der Waals surface area contributed by atoms with Crippen molar-refractivity contribution in [1.82, 2.24) is 0 Å². The molecule has 0 heterocycles. The lowest BCUT2D eigenvalue weighted by Gasteiger charge is -2.28. The molecule has 0 amide bonds. The van der Waals surface area contributed by atoms with Gasteiger partial charge in [-0.05, 0) is 23.1 Å². The maximum absolute atomic E-state index is 9.98. The quantitative estimate of drug-likeness (QED) is 0.0629. The first-order valence-corrected chi connectivity index (χ1v) is 14.2. The van der Waals surface area contributed by atoms with Crippen LogP contribution in [0, 0.1) is 11.8 Å². The molecule has 6 heteroatoms. The maximum atomic E-state index is 9.98. The Bertz CT molecular complexity index is 952. The fourth-order valence-corrected chi connectivity index (χ4v) is 4.29. The van der Waals surface area contributed by atoms with E-state index in [1.54, 1.807) is 0 Å². The maximum Gasteiger partial charge on any atom is 0.145 e. The zero-order valence-electron chi connectivity index (χ0n) is 23.0. The van der Waals surface area contributed by atoms with Gasteiger partial charge < -0.3 is 14.6 Å². The zero-order chi connectivity index (χ0) is 27.1. The largest absolute Gasteiger partial charge is 0.396 e. The van der Waals surface area contributed by atoms with E-state index in [2.05, 4.69) is 28.8 Å². The monoisotopic (exact) mass is 519 g/mol. The molecule has 0 aliphatic heterocycles. The van der Waals surface area contributed by atoms with E-state index in [1.807, 2.05) is 60.7 Å². The molecule has 0 fully saturated rings. The van der Waals surface area contributed by atoms with Crippen molar-refractivity contribution in [1.29, 1.82) is 0 Å². The molecule has 0 bridgehead atoms. The first-order valence-electron chi connectivity index (χ1n) is 14.2. The summed E-state index contributed by atoms with van der Waals surface area (Å²) in [7, 11) is 0. The van der Waals surface area contributed by atoms with Gasteiger partial charge in [-0.25, -0.2) is 0 Å². The van der Waals surface area contributed by atoms with E-state index >= 15 is 0 Å². The molecular weight excluding hydrogens is 474 g/mol. The number of aliphatic hydroxyl groups is 1. The first kappa shape index (κ1) is 31.4. The summed E-state index contributed by atoms with van der Waals surface area (Å²) in [5.41, 5.74) is 11.1. The van der Waals surface area contributed by atoms with Crippen LogP contribution in [0.15, 0.2) is 65.8 Å². The van der Waals surface area contributed by atoms with Crippen LogP contribution in [0.5, 0.6) is 0 Å². The molecule has 0 unspecified atom stereocenters. The highest BCUT2D eigenvalue weighted by Gasteiger charge is 2.30. The SMILES string of the molecule is CCCCCCCCCCCCC#C[C@H](OCc1ccccc1)[C@@H](OCc1ccccc1)[C@H](CO)N=[N+]=[N-]. The molecule has 2 aromatic carbocycles. The average Bonchev–Trinajstić information content (AvgIpc) is 2.96. The summed E-state index contributed by atoms with van der Waals surface area (Å²) < 4.78 is 12.4. The molecule has 6 nitrogen and oxygen atoms in total. The lowest BCUT2D eigenvalue weighted by atomic mass is 10.0. The molecule has 0 aliphatic carbocycles. The Balaban J connectivity index is 1.97. The van der Waals surface area contributed by atoms with Gasteiger partial charge in [0.15, 0.2) is 0 Å². The Morgan fingerprint density at radius 3 is 1.84 bits per heavy atom. The van der Waals surface area contributed by atoms with E-state index in [-0.39, 0.29) is 6.61 Å². The third-order valence-electron chi connectivity index (χ3n) is 6.52. The van der Waals surface area contributed by atoms with Crippen molar-refractivity contribution < 1.29 is 14.6 Å². The molecule has 0 aliphatic rings. The second-order valence-corrected chi connectivity index (χ2v) is 9.69. The van der Waals surface area contributed by atoms with E-state index in [4.69, 9.17) is 15.0 Å². The topological polar surface area (TPSA) is 87.5 Å². The fourth-order valence-electron chi connectivity index (χ4n) is 4.29. The number of aliphatic hydroxyl groups excluding tert-OH is 1. The average molecular weight is 520 g/mol. The molecule has 38 heavy (non-hydrogen) atoms. The highest BCUT2D eigenvalue weighted by atomic mass is 16.5. The Kier molecular flexibility index (Phi) is 17.5. The smallest absolute Gasteiger partial charge is 0.145 e. The summed E-state index contributed by atoms with van der Waals surface area (Å²) >= 11 is 0. The van der Waals surface area contributed by atoms with Crippen molar-refractivity contribution in [2.75, 3.05) is 6.61 Å². The van der Waals surface area contributed by atoms with Crippen LogP contribution in [0.1, 0.15) is 88.7 Å². The molecular formula is C32H45N3O3. The standard InChI is InChI=1S/C32H45N3O3/c1-2-3-4-5-6-7-8-9-10-11-12-19-24-31(37-26-28-20-15-13-16-21-28)32(30(25-36)34-35-33)38-27-29-22-17-14-18-23-29/h13-18,20-23,30-32,36H,2-12,25-27H2,1H3/t30-,31-,32-/m0/s1. The van der Waals surface area contributed by atoms with Gasteiger partial charge in [-0.3, -0.25) is 0 Å². The molecule has 206 valence electrons. The van der Waals surface area contributed by atoms with Gasteiger partial charge >= 0.3 is 0 Å². The highest BCUT2D eigenvalue weighted by Crippen LogP contribution is 2.18. The molecule has 0 saturated carbocycles. The van der Waals surface area contributed by atoms with E-state index < -0.39 is 18.2 Å². The van der Waals surface area contributed by atoms with Crippen molar-refractivity contribution in [2.45, 2.75) is 109 Å². The normalized spacial score (nSPS) is 13.1. The minimum absolute atomic E-state index is 0.300. The van der Waals surface area contributed by atoms with Crippen LogP contribution in [0.4, 0.5) is 0 Å². The fraction of sp³-hybridized carbons (Fsp3) is 0.562. The van der Waals surface area contributed by atoms with Crippen molar-refractivity contribution in [3.8, 4) is 11.8 Å². The Labute approximate surface area is 229 Å². The van der Waals surface area contributed by atoms with Crippen LogP contribution in [0.2, 0.25) is 0 Å². The number of rotatable bonds is 20. The van der Waals surface area contributed by atoms with E-state index in [9.17, 15) is 5.11 Å². The summed E-state index contributed by atoms with van der Waals surface area (Å²) in [4.78, 5) is 2.93. The molecule has 0 spiro atoms. The van der Waals surface area contributed by atoms with Crippen LogP contribution >= 0.6 is 0 Å². The van der Waals surface area contributed by atoms with Gasteiger partial charge in [-0.1, -0.05) is 136 Å². The Morgan fingerprint density at radius 2 is 1.32 bits per heavy atom. The minimum atomic E-state index is -0.809. The molecule has 2 aromatic rings. The van der Waals surface area contributed by atoms with Gasteiger partial charge in [0.25, 0.3) is 0 Å². The van der Waals surface area contributed by atoms with Crippen LogP contribution in [-0.4, -0.2) is 30.0 Å². The molecule has 1 N–H and O–H groups in total. The van der Waals surface area contributed by atoms with Crippen LogP contribution in [-0.2, 0) is 22.7 Å². The number of azide groups is 1. The molecule has 0 saturated heterocycles. The van der Waals surface area contributed by atoms with Gasteiger partial charge in [0.05, 0.1) is 25.9 Å². The van der Waals surface area contributed by atoms with Gasteiger partial charge in [0.1, 0.15) is 12.2 Å². The molecule has 2 rings (SSSR count). The number of unbranched alkanes of at least 4 members (excludes halogenated alkanes) is 10. The summed E-state index contributed by atoms with van der Waals surface area (Å²) in [6.45, 7) is 2.55. The van der Waals surface area contributed by atoms with Gasteiger partial charge in [-0.15, -0.1) is 5.92 Å². The van der Waals surface area contributed by atoms with Gasteiger partial charge in [0, 0.05) is 11.3 Å². The van der Waals surface area contributed by atoms with Crippen molar-refractivity contribution >= 4 is 0 Å². The van der Waals surface area contributed by atoms with Gasteiger partial charge in [0.2, 0.25) is 0 Å². The predicted octanol–water partition coefficient (Wildman–Crippen LogP) is 8.14. The number of hydrogen-bond acceptors (Lipinski definition) is 4. The number of benzene rings is 2. The van der Waals surface area contributed by atoms with Gasteiger partial charge in [-0.2, -0.15) is 0 Å². The Morgan fingerprint density at radius 1 is 0.789 bits per heavy atom. The molecule has 0 radical (unpaired) electrons. The van der Waals surface area contributed by atoms with Crippen molar-refractivity contribution in [3.63, 3.8) is 0 Å². The van der Waals surface area contributed by atoms with Crippen molar-refractivity contribution in [2.24, 2.45) is 5.11 Å². The zero-order valence-corrected chi connectivity index (χ0v) is 23.0. The second kappa shape index (κ2) is 21.2.